The van der Waals surface area contributed by atoms with E-state index >= 15 is 0 Å². The molecule has 3 N–H and O–H groups in total. The van der Waals surface area contributed by atoms with Crippen LogP contribution in [0, 0.1) is 0 Å². The molecule has 2 heterocycles. The summed E-state index contributed by atoms with van der Waals surface area (Å²) in [7, 11) is 1.50. The van der Waals surface area contributed by atoms with Gasteiger partial charge in [-0.1, -0.05) is 23.7 Å². The van der Waals surface area contributed by atoms with E-state index in [0.717, 1.165) is 0 Å². The summed E-state index contributed by atoms with van der Waals surface area (Å²) in [6.45, 7) is 0.179. The van der Waals surface area contributed by atoms with Crippen molar-refractivity contribution in [3.8, 4) is 5.75 Å². The number of imide groups is 1. The number of carbonyl (C=O) groups excluding carboxylic acids is 3. The summed E-state index contributed by atoms with van der Waals surface area (Å²) in [5.74, 6) is -0.323. The number of anilines is 1. The second kappa shape index (κ2) is 9.33. The molecule has 2 aromatic carbocycles. The lowest BCUT2D eigenvalue weighted by Crippen LogP contribution is -2.44. The van der Waals surface area contributed by atoms with Gasteiger partial charge in [0.05, 0.1) is 12.1 Å². The zero-order valence-corrected chi connectivity index (χ0v) is 18.4. The number of amides is 4. The number of rotatable bonds is 5. The van der Waals surface area contributed by atoms with Gasteiger partial charge in [0.2, 0.25) is 11.8 Å². The van der Waals surface area contributed by atoms with Gasteiger partial charge >= 0.3 is 6.03 Å². The first-order valence-corrected chi connectivity index (χ1v) is 10.6. The number of aromatic nitrogens is 1. The third-order valence-electron chi connectivity index (χ3n) is 5.41. The summed E-state index contributed by atoms with van der Waals surface area (Å²) >= 11 is 6.07. The average Bonchev–Trinajstić information content (AvgIpc) is 2.79. The van der Waals surface area contributed by atoms with Crippen molar-refractivity contribution in [1.82, 2.24) is 15.2 Å². The number of urea groups is 1. The van der Waals surface area contributed by atoms with Crippen molar-refractivity contribution in [3.05, 3.63) is 69.6 Å². The van der Waals surface area contributed by atoms with Crippen LogP contribution in [0.1, 0.15) is 24.4 Å². The standard InChI is InChI=1S/C23H21ClN4O5/c1-33-19-6-4-15(11-17(19)24)26-23(32)25-12-13-2-3-14-8-9-28(22(31)16(14)10-13)18-5-7-20(29)27-21(18)30/h2-4,6,8-11,18H,5,7,12H2,1H3,(H2,25,26,32)(H,27,29,30). The molecule has 0 bridgehead atoms. The third kappa shape index (κ3) is 4.83. The minimum atomic E-state index is -0.733. The van der Waals surface area contributed by atoms with Gasteiger partial charge in [-0.2, -0.15) is 0 Å². The van der Waals surface area contributed by atoms with Crippen LogP contribution in [0.15, 0.2) is 53.5 Å². The lowest BCUT2D eigenvalue weighted by atomic mass is 10.0. The van der Waals surface area contributed by atoms with Crippen molar-refractivity contribution in [1.29, 1.82) is 0 Å². The van der Waals surface area contributed by atoms with Gasteiger partial charge in [0, 0.05) is 30.2 Å². The lowest BCUT2D eigenvalue weighted by molar-refractivity contribution is -0.135. The van der Waals surface area contributed by atoms with E-state index in [1.165, 1.54) is 11.7 Å². The van der Waals surface area contributed by atoms with Crippen molar-refractivity contribution in [2.24, 2.45) is 0 Å². The highest BCUT2D eigenvalue weighted by molar-refractivity contribution is 6.32. The molecule has 1 aliphatic heterocycles. The molecular weight excluding hydrogens is 448 g/mol. The van der Waals surface area contributed by atoms with Crippen molar-refractivity contribution >= 4 is 45.9 Å². The number of benzene rings is 2. The number of pyridine rings is 1. The third-order valence-corrected chi connectivity index (χ3v) is 5.70. The second-order valence-corrected chi connectivity index (χ2v) is 7.98. The summed E-state index contributed by atoms with van der Waals surface area (Å²) in [4.78, 5) is 48.9. The summed E-state index contributed by atoms with van der Waals surface area (Å²) < 4.78 is 6.44. The molecule has 33 heavy (non-hydrogen) atoms. The molecule has 0 radical (unpaired) electrons. The fourth-order valence-electron chi connectivity index (χ4n) is 3.71. The Labute approximate surface area is 193 Å². The van der Waals surface area contributed by atoms with E-state index in [1.54, 1.807) is 42.6 Å². The van der Waals surface area contributed by atoms with E-state index in [4.69, 9.17) is 16.3 Å². The van der Waals surface area contributed by atoms with E-state index in [1.807, 2.05) is 6.07 Å². The quantitative estimate of drug-likeness (QED) is 0.497. The maximum absolute atomic E-state index is 13.0. The van der Waals surface area contributed by atoms with Crippen LogP contribution in [0.2, 0.25) is 5.02 Å². The minimum Gasteiger partial charge on any atom is -0.495 e. The Balaban J connectivity index is 1.48. The number of carbonyl (C=O) groups is 3. The van der Waals surface area contributed by atoms with E-state index in [2.05, 4.69) is 16.0 Å². The predicted molar refractivity (Wildman–Crippen MR) is 123 cm³/mol. The number of ether oxygens (including phenoxy) is 1. The first kappa shape index (κ1) is 22.3. The molecule has 3 aromatic rings. The van der Waals surface area contributed by atoms with E-state index in [9.17, 15) is 19.2 Å². The molecule has 10 heteroatoms. The van der Waals surface area contributed by atoms with Crippen LogP contribution in [0.4, 0.5) is 10.5 Å². The molecule has 4 amide bonds. The molecule has 1 aliphatic rings. The summed E-state index contributed by atoms with van der Waals surface area (Å²) in [6.07, 6.45) is 2.02. The minimum absolute atomic E-state index is 0.179. The number of fused-ring (bicyclic) bond motifs is 1. The predicted octanol–water partition coefficient (Wildman–Crippen LogP) is 2.96. The maximum atomic E-state index is 13.0. The smallest absolute Gasteiger partial charge is 0.319 e. The molecule has 0 saturated carbocycles. The second-order valence-electron chi connectivity index (χ2n) is 7.57. The highest BCUT2D eigenvalue weighted by atomic mass is 35.5. The average molecular weight is 469 g/mol. The van der Waals surface area contributed by atoms with Gasteiger partial charge in [0.15, 0.2) is 0 Å². The topological polar surface area (TPSA) is 119 Å². The van der Waals surface area contributed by atoms with Crippen LogP contribution in [0.5, 0.6) is 5.75 Å². The Bertz CT molecular complexity index is 1320. The molecule has 1 atom stereocenters. The molecule has 9 nitrogen and oxygen atoms in total. The number of halogens is 1. The van der Waals surface area contributed by atoms with Crippen LogP contribution < -0.4 is 26.2 Å². The largest absolute Gasteiger partial charge is 0.495 e. The Morgan fingerprint density at radius 2 is 2.00 bits per heavy atom. The van der Waals surface area contributed by atoms with Gasteiger partial charge in [-0.3, -0.25) is 19.7 Å². The number of hydrogen-bond donors (Lipinski definition) is 3. The maximum Gasteiger partial charge on any atom is 0.319 e. The van der Waals surface area contributed by atoms with Crippen molar-refractivity contribution in [3.63, 3.8) is 0 Å². The first-order valence-electron chi connectivity index (χ1n) is 10.2. The highest BCUT2D eigenvalue weighted by Gasteiger charge is 2.28. The lowest BCUT2D eigenvalue weighted by Gasteiger charge is -2.23. The molecule has 4 rings (SSSR count). The zero-order valence-electron chi connectivity index (χ0n) is 17.7. The normalized spacial score (nSPS) is 15.8. The monoisotopic (exact) mass is 468 g/mol. The molecular formula is C23H21ClN4O5. The van der Waals surface area contributed by atoms with Gasteiger partial charge < -0.3 is 19.9 Å². The van der Waals surface area contributed by atoms with Crippen LogP contribution >= 0.6 is 11.6 Å². The molecule has 1 unspecified atom stereocenters. The Morgan fingerprint density at radius 3 is 2.73 bits per heavy atom. The molecule has 1 fully saturated rings. The number of nitrogens with one attached hydrogen (secondary N) is 3. The van der Waals surface area contributed by atoms with Crippen LogP contribution in [-0.4, -0.2) is 29.5 Å². The first-order chi connectivity index (χ1) is 15.9. The molecule has 1 aromatic heterocycles. The molecule has 0 aliphatic carbocycles. The highest BCUT2D eigenvalue weighted by Crippen LogP contribution is 2.27. The van der Waals surface area contributed by atoms with Gasteiger partial charge in [-0.25, -0.2) is 4.79 Å². The number of piperidine rings is 1. The Morgan fingerprint density at radius 1 is 1.18 bits per heavy atom. The van der Waals surface area contributed by atoms with Crippen molar-refractivity contribution in [2.75, 3.05) is 12.4 Å². The Kier molecular flexibility index (Phi) is 6.32. The number of nitrogens with zero attached hydrogens (tertiary/aromatic N) is 1. The number of methoxy groups -OCH3 is 1. The summed E-state index contributed by atoms with van der Waals surface area (Å²) in [6, 6.07) is 10.7. The van der Waals surface area contributed by atoms with E-state index in [-0.39, 0.29) is 30.9 Å². The van der Waals surface area contributed by atoms with Crippen LogP contribution in [0.3, 0.4) is 0 Å². The molecule has 1 saturated heterocycles. The van der Waals surface area contributed by atoms with Crippen molar-refractivity contribution < 1.29 is 19.1 Å². The SMILES string of the molecule is COc1ccc(NC(=O)NCc2ccc3ccn(C4CCC(=O)NC4=O)c(=O)c3c2)cc1Cl. The zero-order chi connectivity index (χ0) is 23.5. The summed E-state index contributed by atoms with van der Waals surface area (Å²) in [5.41, 5.74) is 0.883. The molecule has 0 spiro atoms. The number of hydrogen-bond acceptors (Lipinski definition) is 5. The van der Waals surface area contributed by atoms with Crippen LogP contribution in [-0.2, 0) is 16.1 Å². The summed E-state index contributed by atoms with van der Waals surface area (Å²) in [5, 5.41) is 9.20. The Hall–Kier alpha value is -3.85. The van der Waals surface area contributed by atoms with Crippen LogP contribution in [0.25, 0.3) is 10.8 Å². The molecule has 170 valence electrons. The van der Waals surface area contributed by atoms with Gasteiger partial charge in [0.1, 0.15) is 11.8 Å². The van der Waals surface area contributed by atoms with Gasteiger partial charge in [0.25, 0.3) is 5.56 Å². The van der Waals surface area contributed by atoms with E-state index in [0.29, 0.717) is 32.8 Å². The fraction of sp³-hybridized carbons (Fsp3) is 0.217. The van der Waals surface area contributed by atoms with Gasteiger partial charge in [-0.05, 0) is 47.7 Å². The van der Waals surface area contributed by atoms with Crippen molar-refractivity contribution in [2.45, 2.75) is 25.4 Å². The van der Waals surface area contributed by atoms with E-state index < -0.39 is 18.0 Å². The van der Waals surface area contributed by atoms with Gasteiger partial charge in [-0.15, -0.1) is 0 Å². The fourth-order valence-corrected chi connectivity index (χ4v) is 3.96.